The molecule has 71 valence electrons. The van der Waals surface area contributed by atoms with Crippen molar-refractivity contribution < 1.29 is 24.1 Å². The highest BCUT2D eigenvalue weighted by Gasteiger charge is 2.32. The average Bonchev–Trinajstić information content (AvgIpc) is 2.03. The Labute approximate surface area is 70.4 Å². The van der Waals surface area contributed by atoms with Gasteiger partial charge in [0.15, 0.2) is 6.61 Å². The van der Waals surface area contributed by atoms with Crippen molar-refractivity contribution in [3.8, 4) is 0 Å². The van der Waals surface area contributed by atoms with E-state index in [0.717, 1.165) is 6.61 Å². The second-order valence-electron chi connectivity index (χ2n) is 1.86. The molecule has 0 aliphatic rings. The molecule has 0 saturated carbocycles. The lowest BCUT2D eigenvalue weighted by atomic mass is 10.5. The fourth-order valence-electron chi connectivity index (χ4n) is 0.615. The summed E-state index contributed by atoms with van der Waals surface area (Å²) in [5.74, 6) is -1.54. The lowest BCUT2D eigenvalue weighted by molar-refractivity contribution is -0.219. The van der Waals surface area contributed by atoms with Crippen LogP contribution in [0.4, 0.5) is 4.79 Å². The first-order valence-electron chi connectivity index (χ1n) is 3.09. The van der Waals surface area contributed by atoms with Crippen molar-refractivity contribution in [3.05, 3.63) is 6.61 Å². The molecule has 0 unspecified atom stereocenters. The summed E-state index contributed by atoms with van der Waals surface area (Å²) in [7, 11) is 3.93. The van der Waals surface area contributed by atoms with E-state index in [4.69, 9.17) is 14.6 Å². The van der Waals surface area contributed by atoms with Crippen LogP contribution in [0.1, 0.15) is 0 Å². The maximum absolute atomic E-state index is 10.3. The van der Waals surface area contributed by atoms with Crippen molar-refractivity contribution in [2.45, 2.75) is 5.91 Å². The Balaban J connectivity index is 4.23. The van der Waals surface area contributed by atoms with Crippen molar-refractivity contribution in [2.24, 2.45) is 0 Å². The minimum atomic E-state index is -1.54. The van der Waals surface area contributed by atoms with Gasteiger partial charge in [-0.2, -0.15) is 0 Å². The van der Waals surface area contributed by atoms with Gasteiger partial charge in [-0.15, -0.1) is 0 Å². The SMILES string of the molecule is CO[CH]C(NC(=O)O)(OC)OC. The molecular formula is C6H12NO5. The number of hydrogen-bond donors (Lipinski definition) is 2. The molecule has 0 heterocycles. The standard InChI is InChI=1S/C6H12NO5/c1-10-4-6(11-2,12-3)7-5(8)9/h4,7H,1-3H3,(H,8,9). The van der Waals surface area contributed by atoms with Gasteiger partial charge in [-0.25, -0.2) is 4.79 Å². The van der Waals surface area contributed by atoms with Gasteiger partial charge >= 0.3 is 6.09 Å². The van der Waals surface area contributed by atoms with Gasteiger partial charge in [-0.3, -0.25) is 5.32 Å². The van der Waals surface area contributed by atoms with Gasteiger partial charge in [-0.1, -0.05) is 0 Å². The molecule has 0 fully saturated rings. The molecule has 0 aromatic rings. The van der Waals surface area contributed by atoms with E-state index in [-0.39, 0.29) is 0 Å². The highest BCUT2D eigenvalue weighted by Crippen LogP contribution is 2.10. The molecule has 0 atom stereocenters. The van der Waals surface area contributed by atoms with E-state index < -0.39 is 12.0 Å². The third kappa shape index (κ3) is 3.04. The van der Waals surface area contributed by atoms with Crippen LogP contribution >= 0.6 is 0 Å². The molecule has 6 nitrogen and oxygen atoms in total. The van der Waals surface area contributed by atoms with Crippen molar-refractivity contribution in [3.63, 3.8) is 0 Å². The van der Waals surface area contributed by atoms with Gasteiger partial charge in [0.1, 0.15) is 0 Å². The second kappa shape index (κ2) is 4.91. The van der Waals surface area contributed by atoms with E-state index in [1.165, 1.54) is 21.3 Å². The quantitative estimate of drug-likeness (QED) is 0.580. The topological polar surface area (TPSA) is 77.0 Å². The number of methoxy groups -OCH3 is 3. The normalized spacial score (nSPS) is 11.2. The zero-order valence-electron chi connectivity index (χ0n) is 7.16. The number of hydrogen-bond acceptors (Lipinski definition) is 4. The summed E-state index contributed by atoms with van der Waals surface area (Å²) < 4.78 is 14.1. The van der Waals surface area contributed by atoms with Gasteiger partial charge in [0.05, 0.1) is 0 Å². The van der Waals surface area contributed by atoms with Crippen LogP contribution in [-0.4, -0.2) is 38.4 Å². The van der Waals surface area contributed by atoms with Crippen molar-refractivity contribution >= 4 is 6.09 Å². The Kier molecular flexibility index (Phi) is 4.57. The van der Waals surface area contributed by atoms with Crippen molar-refractivity contribution in [1.29, 1.82) is 0 Å². The van der Waals surface area contributed by atoms with Crippen LogP contribution in [0.5, 0.6) is 0 Å². The van der Waals surface area contributed by atoms with Gasteiger partial charge in [0.25, 0.3) is 5.91 Å². The molecule has 0 aliphatic heterocycles. The average molecular weight is 178 g/mol. The smallest absolute Gasteiger partial charge is 0.408 e. The molecule has 0 rings (SSSR count). The fraction of sp³-hybridized carbons (Fsp3) is 0.667. The van der Waals surface area contributed by atoms with E-state index in [0.29, 0.717) is 0 Å². The lowest BCUT2D eigenvalue weighted by Crippen LogP contribution is -2.51. The molecule has 6 heteroatoms. The van der Waals surface area contributed by atoms with Crippen LogP contribution in [0.2, 0.25) is 0 Å². The Hall–Kier alpha value is -0.850. The van der Waals surface area contributed by atoms with Crippen LogP contribution in [0, 0.1) is 6.61 Å². The molecule has 2 N–H and O–H groups in total. The lowest BCUT2D eigenvalue weighted by Gasteiger charge is -2.28. The maximum Gasteiger partial charge on any atom is 0.408 e. The first kappa shape index (κ1) is 11.2. The van der Waals surface area contributed by atoms with Crippen LogP contribution in [0.25, 0.3) is 0 Å². The van der Waals surface area contributed by atoms with E-state index in [1.807, 2.05) is 5.32 Å². The van der Waals surface area contributed by atoms with Crippen LogP contribution < -0.4 is 5.32 Å². The van der Waals surface area contributed by atoms with Crippen LogP contribution in [-0.2, 0) is 14.2 Å². The fourth-order valence-corrected chi connectivity index (χ4v) is 0.615. The van der Waals surface area contributed by atoms with E-state index in [2.05, 4.69) is 4.74 Å². The Morgan fingerprint density at radius 1 is 1.42 bits per heavy atom. The third-order valence-corrected chi connectivity index (χ3v) is 1.16. The molecule has 0 saturated heterocycles. The number of amides is 1. The highest BCUT2D eigenvalue weighted by atomic mass is 16.7. The summed E-state index contributed by atoms with van der Waals surface area (Å²) in [5, 5.41) is 10.4. The van der Waals surface area contributed by atoms with Crippen molar-refractivity contribution in [2.75, 3.05) is 21.3 Å². The number of nitrogens with one attached hydrogen (secondary N) is 1. The Morgan fingerprint density at radius 3 is 2.17 bits per heavy atom. The van der Waals surface area contributed by atoms with Gasteiger partial charge in [0, 0.05) is 21.3 Å². The number of carboxylic acid groups (broad SMARTS) is 1. The predicted molar refractivity (Wildman–Crippen MR) is 39.2 cm³/mol. The summed E-state index contributed by atoms with van der Waals surface area (Å²) in [4.78, 5) is 10.3. The molecule has 0 aromatic heterocycles. The largest absolute Gasteiger partial charge is 0.465 e. The Morgan fingerprint density at radius 2 is 1.92 bits per heavy atom. The summed E-state index contributed by atoms with van der Waals surface area (Å²) in [6.07, 6.45) is -1.27. The minimum Gasteiger partial charge on any atom is -0.465 e. The van der Waals surface area contributed by atoms with Gasteiger partial charge < -0.3 is 19.3 Å². The first-order valence-corrected chi connectivity index (χ1v) is 3.09. The zero-order chi connectivity index (χ0) is 9.61. The highest BCUT2D eigenvalue weighted by molar-refractivity contribution is 5.65. The summed E-state index contributed by atoms with van der Waals surface area (Å²) in [6, 6.07) is 0. The maximum atomic E-state index is 10.3. The molecule has 12 heavy (non-hydrogen) atoms. The number of ether oxygens (including phenoxy) is 3. The molecule has 0 spiro atoms. The van der Waals surface area contributed by atoms with E-state index >= 15 is 0 Å². The van der Waals surface area contributed by atoms with E-state index in [1.54, 1.807) is 0 Å². The second-order valence-corrected chi connectivity index (χ2v) is 1.86. The number of carbonyl (C=O) groups is 1. The van der Waals surface area contributed by atoms with Gasteiger partial charge in [-0.05, 0) is 0 Å². The minimum absolute atomic E-state index is 1.08. The van der Waals surface area contributed by atoms with Gasteiger partial charge in [0.2, 0.25) is 0 Å². The number of rotatable bonds is 5. The molecule has 0 aromatic carbocycles. The summed E-state index contributed by atoms with van der Waals surface area (Å²) >= 11 is 0. The van der Waals surface area contributed by atoms with Crippen LogP contribution in [0.15, 0.2) is 0 Å². The third-order valence-electron chi connectivity index (χ3n) is 1.16. The van der Waals surface area contributed by atoms with E-state index in [9.17, 15) is 4.79 Å². The molecule has 0 aliphatic carbocycles. The molecule has 1 amide bonds. The molecular weight excluding hydrogens is 166 g/mol. The summed E-state index contributed by atoms with van der Waals surface area (Å²) in [6.45, 7) is 1.08. The van der Waals surface area contributed by atoms with Crippen LogP contribution in [0.3, 0.4) is 0 Å². The monoisotopic (exact) mass is 178 g/mol. The molecule has 1 radical (unpaired) electrons. The molecule has 0 bridgehead atoms. The Bertz CT molecular complexity index is 145. The summed E-state index contributed by atoms with van der Waals surface area (Å²) in [5.41, 5.74) is 0. The zero-order valence-corrected chi connectivity index (χ0v) is 7.16. The van der Waals surface area contributed by atoms with Crippen molar-refractivity contribution in [1.82, 2.24) is 5.32 Å². The predicted octanol–water partition coefficient (Wildman–Crippen LogP) is 0.00879. The first-order chi connectivity index (χ1) is 5.60.